The average Bonchev–Trinajstić information content (AvgIpc) is 3.13. The van der Waals surface area contributed by atoms with Crippen LogP contribution < -0.4 is 9.64 Å². The summed E-state index contributed by atoms with van der Waals surface area (Å²) in [5.41, 5.74) is 1.18. The molecule has 0 saturated carbocycles. The quantitative estimate of drug-likeness (QED) is 0.687. The van der Waals surface area contributed by atoms with Gasteiger partial charge in [0, 0.05) is 16.3 Å². The molecule has 2 atom stereocenters. The van der Waals surface area contributed by atoms with Crippen molar-refractivity contribution in [1.82, 2.24) is 20.2 Å². The van der Waals surface area contributed by atoms with E-state index in [0.717, 1.165) is 11.3 Å². The Kier molecular flexibility index (Phi) is 5.10. The Morgan fingerprint density at radius 2 is 2.00 bits per heavy atom. The first-order valence-electron chi connectivity index (χ1n) is 9.45. The number of aromatic nitrogens is 4. The molecule has 154 valence electrons. The molecule has 0 radical (unpaired) electrons. The van der Waals surface area contributed by atoms with E-state index in [2.05, 4.69) is 21.5 Å². The van der Waals surface area contributed by atoms with Crippen molar-refractivity contribution < 1.29 is 9.84 Å². The van der Waals surface area contributed by atoms with Gasteiger partial charge in [-0.25, -0.2) is 0 Å². The zero-order valence-corrected chi connectivity index (χ0v) is 17.6. The number of nitriles is 1. The fourth-order valence-corrected chi connectivity index (χ4v) is 3.82. The van der Waals surface area contributed by atoms with E-state index in [4.69, 9.17) is 16.3 Å². The minimum absolute atomic E-state index is 0.295. The minimum atomic E-state index is -0.897. The van der Waals surface area contributed by atoms with Crippen LogP contribution in [0.3, 0.4) is 0 Å². The molecule has 0 unspecified atom stereocenters. The fraction of sp³-hybridized carbons (Fsp3) is 0.333. The Bertz CT molecular complexity index is 1110. The molecule has 1 N–H and O–H groups in total. The van der Waals surface area contributed by atoms with E-state index in [1.165, 1.54) is 4.80 Å². The second kappa shape index (κ2) is 7.59. The van der Waals surface area contributed by atoms with Crippen molar-refractivity contribution in [2.24, 2.45) is 7.05 Å². The van der Waals surface area contributed by atoms with Gasteiger partial charge in [0.25, 0.3) is 0 Å². The monoisotopic (exact) mass is 424 g/mol. The second-order valence-electron chi connectivity index (χ2n) is 7.76. The number of nitrogens with zero attached hydrogens (tertiary/aromatic N) is 6. The van der Waals surface area contributed by atoms with Crippen LogP contribution in [0.4, 0.5) is 5.69 Å². The summed E-state index contributed by atoms with van der Waals surface area (Å²) in [6.45, 7) is 3.97. The van der Waals surface area contributed by atoms with Gasteiger partial charge >= 0.3 is 0 Å². The van der Waals surface area contributed by atoms with Gasteiger partial charge in [-0.2, -0.15) is 10.1 Å². The lowest BCUT2D eigenvalue weighted by Crippen LogP contribution is -2.53. The van der Waals surface area contributed by atoms with Crippen LogP contribution >= 0.6 is 11.6 Å². The summed E-state index contributed by atoms with van der Waals surface area (Å²) in [6, 6.07) is 14.2. The van der Waals surface area contributed by atoms with Gasteiger partial charge in [0.15, 0.2) is 5.82 Å². The minimum Gasteiger partial charge on any atom is -0.485 e. The van der Waals surface area contributed by atoms with Gasteiger partial charge in [-0.05, 0) is 61.5 Å². The zero-order chi connectivity index (χ0) is 21.5. The third kappa shape index (κ3) is 3.70. The standard InChI is InChI=1S/C21H21ClN6O2/c1-21(2)20(29)19(16-10-13(11-23)4-9-17(16)30-21)28(12-18-24-26-27(3)25-18)15-7-5-14(22)6-8-15/h4-10,19-20,29H,12H2,1-3H3/t19-,20+/m0/s1. The van der Waals surface area contributed by atoms with E-state index in [1.54, 1.807) is 37.4 Å². The number of rotatable bonds is 4. The molecule has 1 aliphatic heterocycles. The molecule has 4 rings (SSSR count). The molecule has 0 bridgehead atoms. The van der Waals surface area contributed by atoms with Gasteiger partial charge in [-0.15, -0.1) is 10.2 Å². The Labute approximate surface area is 179 Å². The lowest BCUT2D eigenvalue weighted by Gasteiger charge is -2.47. The molecule has 0 fully saturated rings. The van der Waals surface area contributed by atoms with Crippen molar-refractivity contribution in [3.63, 3.8) is 0 Å². The Morgan fingerprint density at radius 1 is 1.27 bits per heavy atom. The maximum Gasteiger partial charge on any atom is 0.194 e. The van der Waals surface area contributed by atoms with E-state index in [-0.39, 0.29) is 0 Å². The van der Waals surface area contributed by atoms with Gasteiger partial charge in [0.05, 0.1) is 31.3 Å². The van der Waals surface area contributed by atoms with Crippen LogP contribution in [0.1, 0.15) is 36.8 Å². The first-order chi connectivity index (χ1) is 14.3. The Hall–Kier alpha value is -3.15. The SMILES string of the molecule is Cn1nnc(CN(c2ccc(Cl)cc2)[C@H]2c3cc(C#N)ccc3OC(C)(C)[C@@H]2O)n1. The van der Waals surface area contributed by atoms with Crippen LogP contribution in [0.25, 0.3) is 0 Å². The predicted octanol–water partition coefficient (Wildman–Crippen LogP) is 3.01. The maximum absolute atomic E-state index is 11.3. The van der Waals surface area contributed by atoms with Gasteiger partial charge in [-0.3, -0.25) is 0 Å². The molecule has 1 aromatic heterocycles. The predicted molar refractivity (Wildman–Crippen MR) is 111 cm³/mol. The van der Waals surface area contributed by atoms with Crippen molar-refractivity contribution in [2.45, 2.75) is 38.1 Å². The summed E-state index contributed by atoms with van der Waals surface area (Å²) < 4.78 is 6.07. The number of anilines is 1. The number of aliphatic hydroxyl groups is 1. The molecule has 2 heterocycles. The molecule has 0 saturated heterocycles. The lowest BCUT2D eigenvalue weighted by molar-refractivity contribution is -0.0590. The second-order valence-corrected chi connectivity index (χ2v) is 8.20. The summed E-state index contributed by atoms with van der Waals surface area (Å²) >= 11 is 6.10. The number of hydrogen-bond acceptors (Lipinski definition) is 7. The first-order valence-corrected chi connectivity index (χ1v) is 9.82. The molecule has 9 heteroatoms. The van der Waals surface area contributed by atoms with Crippen molar-refractivity contribution >= 4 is 17.3 Å². The fourth-order valence-electron chi connectivity index (χ4n) is 3.70. The van der Waals surface area contributed by atoms with E-state index >= 15 is 0 Å². The van der Waals surface area contributed by atoms with Crippen LogP contribution in [-0.4, -0.2) is 37.0 Å². The molecule has 1 aliphatic rings. The number of aryl methyl sites for hydroxylation is 1. The van der Waals surface area contributed by atoms with Crippen molar-refractivity contribution in [3.8, 4) is 11.8 Å². The van der Waals surface area contributed by atoms with Crippen molar-refractivity contribution in [2.75, 3.05) is 4.90 Å². The van der Waals surface area contributed by atoms with E-state index < -0.39 is 17.7 Å². The molecular weight excluding hydrogens is 404 g/mol. The van der Waals surface area contributed by atoms with E-state index in [1.807, 2.05) is 30.9 Å². The molecule has 3 aromatic rings. The van der Waals surface area contributed by atoms with Crippen LogP contribution in [0.15, 0.2) is 42.5 Å². The molecule has 2 aromatic carbocycles. The third-order valence-corrected chi connectivity index (χ3v) is 5.45. The van der Waals surface area contributed by atoms with E-state index in [0.29, 0.717) is 28.7 Å². The molecule has 8 nitrogen and oxygen atoms in total. The highest BCUT2D eigenvalue weighted by Gasteiger charge is 2.46. The highest BCUT2D eigenvalue weighted by molar-refractivity contribution is 6.30. The highest BCUT2D eigenvalue weighted by atomic mass is 35.5. The number of ether oxygens (including phenoxy) is 1. The van der Waals surface area contributed by atoms with E-state index in [9.17, 15) is 10.4 Å². The third-order valence-electron chi connectivity index (χ3n) is 5.20. The average molecular weight is 425 g/mol. The molecule has 0 aliphatic carbocycles. The number of tetrazole rings is 1. The summed E-state index contributed by atoms with van der Waals surface area (Å²) in [5, 5.41) is 33.7. The topological polar surface area (TPSA) is 100 Å². The number of fused-ring (bicyclic) bond motifs is 1. The van der Waals surface area contributed by atoms with Crippen LogP contribution in [0.5, 0.6) is 5.75 Å². The molecule has 0 amide bonds. The van der Waals surface area contributed by atoms with Crippen molar-refractivity contribution in [3.05, 3.63) is 64.4 Å². The molecule has 0 spiro atoms. The summed E-state index contributed by atoms with van der Waals surface area (Å²) in [4.78, 5) is 3.38. The number of hydrogen-bond donors (Lipinski definition) is 1. The van der Waals surface area contributed by atoms with Gasteiger partial charge in [0.2, 0.25) is 0 Å². The van der Waals surface area contributed by atoms with Crippen LogP contribution in [0, 0.1) is 11.3 Å². The molecule has 30 heavy (non-hydrogen) atoms. The maximum atomic E-state index is 11.3. The summed E-state index contributed by atoms with van der Waals surface area (Å²) in [7, 11) is 1.70. The smallest absolute Gasteiger partial charge is 0.194 e. The first kappa shape index (κ1) is 20.1. The normalized spacial score (nSPS) is 19.5. The van der Waals surface area contributed by atoms with Gasteiger partial charge in [0.1, 0.15) is 17.5 Å². The number of benzene rings is 2. The molecular formula is C21H21ClN6O2. The summed E-state index contributed by atoms with van der Waals surface area (Å²) in [5.74, 6) is 1.13. The Morgan fingerprint density at radius 3 is 2.63 bits per heavy atom. The van der Waals surface area contributed by atoms with Crippen LogP contribution in [-0.2, 0) is 13.6 Å². The largest absolute Gasteiger partial charge is 0.485 e. The van der Waals surface area contributed by atoms with Crippen LogP contribution in [0.2, 0.25) is 5.02 Å². The Balaban J connectivity index is 1.87. The van der Waals surface area contributed by atoms with Gasteiger partial charge < -0.3 is 14.7 Å². The van der Waals surface area contributed by atoms with Gasteiger partial charge in [-0.1, -0.05) is 11.6 Å². The number of aliphatic hydroxyl groups excluding tert-OH is 1. The highest BCUT2D eigenvalue weighted by Crippen LogP contribution is 2.45. The lowest BCUT2D eigenvalue weighted by atomic mass is 9.84. The number of halogens is 1. The van der Waals surface area contributed by atoms with Crippen molar-refractivity contribution in [1.29, 1.82) is 5.26 Å². The zero-order valence-electron chi connectivity index (χ0n) is 16.8. The summed E-state index contributed by atoms with van der Waals surface area (Å²) in [6.07, 6.45) is -0.897.